The third-order valence-corrected chi connectivity index (χ3v) is 4.45. The van der Waals surface area contributed by atoms with Crippen LogP contribution in [0.4, 0.5) is 18.9 Å². The lowest BCUT2D eigenvalue weighted by atomic mass is 10.2. The van der Waals surface area contributed by atoms with Gasteiger partial charge in [-0.25, -0.2) is 8.42 Å². The zero-order chi connectivity index (χ0) is 17.3. The highest BCUT2D eigenvalue weighted by molar-refractivity contribution is 7.92. The van der Waals surface area contributed by atoms with Gasteiger partial charge in [0.25, 0.3) is 10.0 Å². The van der Waals surface area contributed by atoms with Crippen LogP contribution in [0.5, 0.6) is 0 Å². The predicted octanol–water partition coefficient (Wildman–Crippen LogP) is 4.03. The summed E-state index contributed by atoms with van der Waals surface area (Å²) in [4.78, 5) is -0.357. The molecule has 23 heavy (non-hydrogen) atoms. The van der Waals surface area contributed by atoms with Crippen LogP contribution in [0.1, 0.15) is 11.1 Å². The van der Waals surface area contributed by atoms with Crippen molar-refractivity contribution in [3.63, 3.8) is 0 Å². The number of anilines is 1. The molecule has 4 nitrogen and oxygen atoms in total. The minimum atomic E-state index is -4.56. The Morgan fingerprint density at radius 1 is 1.09 bits per heavy atom. The number of hydrogen-bond acceptors (Lipinski definition) is 3. The van der Waals surface area contributed by atoms with Gasteiger partial charge in [0.2, 0.25) is 0 Å². The second kappa shape index (κ2) is 6.10. The molecule has 0 aromatic heterocycles. The van der Waals surface area contributed by atoms with E-state index in [1.54, 1.807) is 6.07 Å². The Morgan fingerprint density at radius 2 is 1.70 bits per heavy atom. The summed E-state index contributed by atoms with van der Waals surface area (Å²) in [5.41, 5.74) is -0.981. The highest BCUT2D eigenvalue weighted by Gasteiger charge is 2.30. The monoisotopic (exact) mass is 360 g/mol. The zero-order valence-electron chi connectivity index (χ0n) is 11.2. The minimum Gasteiger partial charge on any atom is -0.278 e. The molecule has 0 heterocycles. The van der Waals surface area contributed by atoms with E-state index >= 15 is 0 Å². The Labute approximate surface area is 135 Å². The molecule has 2 rings (SSSR count). The predicted molar refractivity (Wildman–Crippen MR) is 78.4 cm³/mol. The number of benzene rings is 2. The lowest BCUT2D eigenvalue weighted by Gasteiger charge is -2.11. The number of nitrogens with zero attached hydrogens (tertiary/aromatic N) is 1. The molecule has 0 saturated carbocycles. The van der Waals surface area contributed by atoms with E-state index in [2.05, 4.69) is 4.72 Å². The first-order valence-electron chi connectivity index (χ1n) is 6.03. The molecule has 0 aliphatic carbocycles. The van der Waals surface area contributed by atoms with Crippen molar-refractivity contribution in [1.29, 1.82) is 5.26 Å². The van der Waals surface area contributed by atoms with E-state index in [1.807, 2.05) is 0 Å². The van der Waals surface area contributed by atoms with E-state index in [9.17, 15) is 21.6 Å². The molecule has 0 atom stereocenters. The lowest BCUT2D eigenvalue weighted by Crippen LogP contribution is -2.14. The summed E-state index contributed by atoms with van der Waals surface area (Å²) in [6, 6.07) is 8.74. The van der Waals surface area contributed by atoms with Crippen molar-refractivity contribution < 1.29 is 21.6 Å². The fraction of sp³-hybridized carbons (Fsp3) is 0.0714. The second-order valence-electron chi connectivity index (χ2n) is 4.43. The Balaban J connectivity index is 2.35. The Bertz CT molecular complexity index is 872. The van der Waals surface area contributed by atoms with Crippen LogP contribution in [0, 0.1) is 11.3 Å². The number of rotatable bonds is 3. The van der Waals surface area contributed by atoms with Gasteiger partial charge in [-0.1, -0.05) is 11.6 Å². The Kier molecular flexibility index (Phi) is 4.54. The molecule has 0 unspecified atom stereocenters. The van der Waals surface area contributed by atoms with Crippen LogP contribution in [0.2, 0.25) is 5.02 Å². The number of halogens is 4. The molecule has 0 spiro atoms. The number of sulfonamides is 1. The van der Waals surface area contributed by atoms with E-state index in [4.69, 9.17) is 16.9 Å². The number of alkyl halides is 3. The van der Waals surface area contributed by atoms with Gasteiger partial charge >= 0.3 is 6.18 Å². The third kappa shape index (κ3) is 3.94. The standard InChI is InChI=1S/C14H8ClF3N2O2S/c15-11-3-6-13(9(7-11)8-19)20-23(21,22)12-4-1-10(2-5-12)14(16,17)18/h1-7,20H. The summed E-state index contributed by atoms with van der Waals surface area (Å²) in [7, 11) is -4.13. The molecule has 0 fully saturated rings. The smallest absolute Gasteiger partial charge is 0.278 e. The van der Waals surface area contributed by atoms with Crippen molar-refractivity contribution in [3.8, 4) is 6.07 Å². The van der Waals surface area contributed by atoms with Crippen LogP contribution in [0.3, 0.4) is 0 Å². The van der Waals surface area contributed by atoms with E-state index in [0.717, 1.165) is 12.1 Å². The van der Waals surface area contributed by atoms with Gasteiger partial charge in [-0.2, -0.15) is 18.4 Å². The van der Waals surface area contributed by atoms with Crippen LogP contribution in [-0.4, -0.2) is 8.42 Å². The maximum atomic E-state index is 12.5. The van der Waals surface area contributed by atoms with Crippen molar-refractivity contribution in [2.24, 2.45) is 0 Å². The Hall–Kier alpha value is -2.24. The fourth-order valence-corrected chi connectivity index (χ4v) is 2.98. The summed E-state index contributed by atoms with van der Waals surface area (Å²) >= 11 is 5.71. The SMILES string of the molecule is N#Cc1cc(Cl)ccc1NS(=O)(=O)c1ccc(C(F)(F)F)cc1. The molecule has 0 aliphatic heterocycles. The average molecular weight is 361 g/mol. The first-order valence-corrected chi connectivity index (χ1v) is 7.89. The molecule has 2 aromatic rings. The van der Waals surface area contributed by atoms with Crippen molar-refractivity contribution in [1.82, 2.24) is 0 Å². The zero-order valence-corrected chi connectivity index (χ0v) is 12.8. The quantitative estimate of drug-likeness (QED) is 0.898. The van der Waals surface area contributed by atoms with Crippen molar-refractivity contribution in [2.45, 2.75) is 11.1 Å². The Morgan fingerprint density at radius 3 is 2.22 bits per heavy atom. The summed E-state index contributed by atoms with van der Waals surface area (Å²) in [6.45, 7) is 0. The second-order valence-corrected chi connectivity index (χ2v) is 6.55. The highest BCUT2D eigenvalue weighted by Crippen LogP contribution is 2.30. The summed E-state index contributed by atoms with van der Waals surface area (Å²) in [6.07, 6.45) is -4.56. The topological polar surface area (TPSA) is 70.0 Å². The molecule has 2 aromatic carbocycles. The first kappa shape index (κ1) is 17.1. The molecular weight excluding hydrogens is 353 g/mol. The van der Waals surface area contributed by atoms with E-state index < -0.39 is 21.8 Å². The average Bonchev–Trinajstić information content (AvgIpc) is 2.48. The number of hydrogen-bond donors (Lipinski definition) is 1. The molecular formula is C14H8ClF3N2O2S. The molecule has 0 saturated heterocycles. The lowest BCUT2D eigenvalue weighted by molar-refractivity contribution is -0.137. The van der Waals surface area contributed by atoms with E-state index in [0.29, 0.717) is 12.1 Å². The maximum absolute atomic E-state index is 12.5. The number of nitrogens with one attached hydrogen (secondary N) is 1. The van der Waals surface area contributed by atoms with Crippen LogP contribution in [0.15, 0.2) is 47.4 Å². The van der Waals surface area contributed by atoms with Gasteiger partial charge in [0.15, 0.2) is 0 Å². The van der Waals surface area contributed by atoms with Gasteiger partial charge in [0.1, 0.15) is 6.07 Å². The van der Waals surface area contributed by atoms with Gasteiger partial charge < -0.3 is 0 Å². The van der Waals surface area contributed by atoms with Gasteiger partial charge in [0.05, 0.1) is 21.7 Å². The third-order valence-electron chi connectivity index (χ3n) is 2.84. The summed E-state index contributed by atoms with van der Waals surface area (Å²) < 4.78 is 64.0. The van der Waals surface area contributed by atoms with Crippen LogP contribution in [0.25, 0.3) is 0 Å². The molecule has 0 bridgehead atoms. The molecule has 120 valence electrons. The van der Waals surface area contributed by atoms with Crippen molar-refractivity contribution >= 4 is 27.3 Å². The highest BCUT2D eigenvalue weighted by atomic mass is 35.5. The van der Waals surface area contributed by atoms with Gasteiger partial charge in [-0.15, -0.1) is 0 Å². The van der Waals surface area contributed by atoms with Crippen LogP contribution in [-0.2, 0) is 16.2 Å². The first-order chi connectivity index (χ1) is 10.6. The molecule has 0 radical (unpaired) electrons. The van der Waals surface area contributed by atoms with Crippen molar-refractivity contribution in [3.05, 3.63) is 58.6 Å². The van der Waals surface area contributed by atoms with Crippen LogP contribution >= 0.6 is 11.6 Å². The minimum absolute atomic E-state index is 0.00649. The maximum Gasteiger partial charge on any atom is 0.416 e. The van der Waals surface area contributed by atoms with Gasteiger partial charge in [-0.05, 0) is 42.5 Å². The molecule has 0 amide bonds. The molecule has 0 aliphatic rings. The summed E-state index contributed by atoms with van der Waals surface area (Å²) in [5.74, 6) is 0. The normalized spacial score (nSPS) is 11.8. The van der Waals surface area contributed by atoms with E-state index in [1.165, 1.54) is 18.2 Å². The van der Waals surface area contributed by atoms with Gasteiger partial charge in [0, 0.05) is 5.02 Å². The van der Waals surface area contributed by atoms with E-state index in [-0.39, 0.29) is 21.2 Å². The summed E-state index contributed by atoms with van der Waals surface area (Å²) in [5, 5.41) is 9.22. The molecule has 9 heteroatoms. The largest absolute Gasteiger partial charge is 0.416 e. The van der Waals surface area contributed by atoms with Crippen molar-refractivity contribution in [2.75, 3.05) is 4.72 Å². The fourth-order valence-electron chi connectivity index (χ4n) is 1.72. The number of nitriles is 1. The van der Waals surface area contributed by atoms with Crippen LogP contribution < -0.4 is 4.72 Å². The van der Waals surface area contributed by atoms with Gasteiger partial charge in [-0.3, -0.25) is 4.72 Å². The molecule has 1 N–H and O–H groups in total.